The van der Waals surface area contributed by atoms with E-state index in [1.807, 2.05) is 26.0 Å². The van der Waals surface area contributed by atoms with Gasteiger partial charge in [0.1, 0.15) is 24.0 Å². The average Bonchev–Trinajstić information content (AvgIpc) is 3.16. The molecule has 4 aliphatic rings. The molecule has 0 aromatic carbocycles. The molecule has 1 aliphatic carbocycles. The number of carbonyl (C=O) groups is 4. The van der Waals surface area contributed by atoms with Crippen molar-refractivity contribution in [3.05, 3.63) is 36.0 Å². The Morgan fingerprint density at radius 3 is 2.32 bits per heavy atom. The van der Waals surface area contributed by atoms with E-state index in [1.54, 1.807) is 26.8 Å². The lowest BCUT2D eigenvalue weighted by molar-refractivity contribution is -0.302. The maximum absolute atomic E-state index is 14.3. The highest BCUT2D eigenvalue weighted by Crippen LogP contribution is 2.39. The number of cyclic esters (lactones) is 1. The number of hydrogen-bond acceptors (Lipinski definition) is 12. The van der Waals surface area contributed by atoms with Crippen LogP contribution in [-0.4, -0.2) is 119 Å². The van der Waals surface area contributed by atoms with Gasteiger partial charge in [-0.2, -0.15) is 0 Å². The first-order valence-electron chi connectivity index (χ1n) is 20.6. The number of fused-ring (bicyclic) bond motifs is 3. The van der Waals surface area contributed by atoms with Gasteiger partial charge in [-0.15, -0.1) is 6.58 Å². The molecule has 2 saturated heterocycles. The topological polar surface area (TPSA) is 195 Å². The molecule has 13 heteroatoms. The predicted molar refractivity (Wildman–Crippen MR) is 210 cm³/mol. The van der Waals surface area contributed by atoms with Gasteiger partial charge in [0.15, 0.2) is 0 Å². The molecule has 1 saturated carbocycles. The van der Waals surface area contributed by atoms with Crippen LogP contribution in [0.2, 0.25) is 0 Å². The van der Waals surface area contributed by atoms with Crippen LogP contribution < -0.4 is 5.73 Å². The number of methoxy groups -OCH3 is 2. The Kier molecular flexibility index (Phi) is 16.6. The summed E-state index contributed by atoms with van der Waals surface area (Å²) >= 11 is 0. The van der Waals surface area contributed by atoms with Crippen LogP contribution in [0.4, 0.5) is 0 Å². The summed E-state index contributed by atoms with van der Waals surface area (Å²) in [6, 6.07) is -1.55. The van der Waals surface area contributed by atoms with E-state index in [9.17, 15) is 34.5 Å². The molecule has 5 N–H and O–H groups in total. The number of allylic oxidation sites excluding steroid dienone is 4. The second-order valence-electron chi connectivity index (χ2n) is 17.2. The fourth-order valence-corrected chi connectivity index (χ4v) is 9.25. The maximum atomic E-state index is 14.3. The van der Waals surface area contributed by atoms with Crippen LogP contribution >= 0.6 is 0 Å². The molecule has 3 aliphatic heterocycles. The summed E-state index contributed by atoms with van der Waals surface area (Å²) in [4.78, 5) is 57.7. The SMILES string of the molecule is C=CCC1C=C(C)CC(C)CC(OC)C2OC(O)(C(=O)C(=O)N3CCCCC3C(=O)OC(C(C)=CC3CCC(O)C(N)C3)C(C)C(O)CC1=O)C(C)CC2OC. The summed E-state index contributed by atoms with van der Waals surface area (Å²) in [5.74, 6) is -7.77. The fourth-order valence-electron chi connectivity index (χ4n) is 9.25. The van der Waals surface area contributed by atoms with Crippen molar-refractivity contribution in [3.63, 3.8) is 0 Å². The lowest BCUT2D eigenvalue weighted by Crippen LogP contribution is -2.64. The Morgan fingerprint density at radius 1 is 1.00 bits per heavy atom. The van der Waals surface area contributed by atoms with Gasteiger partial charge < -0.3 is 44.9 Å². The standard InChI is InChI=1S/C43H68N2O11/c1-9-12-30-18-24(2)17-25(3)19-36(53-7)39-37(54-8)21-27(5)43(52,56-39)40(49)41(50)45-16-11-10-13-32(45)42(51)55-38(28(6)34(47)23-35(30)48)26(4)20-29-14-15-33(46)31(44)22-29/h9,18,20,25,27-34,36-39,46-47,52H,1,10-17,19,21-23,44H2,2-8H3. The molecule has 3 heterocycles. The van der Waals surface area contributed by atoms with E-state index in [0.717, 1.165) is 5.57 Å². The number of piperidine rings is 1. The Labute approximate surface area is 333 Å². The Balaban J connectivity index is 1.78. The number of nitrogens with two attached hydrogens (primary N) is 1. The monoisotopic (exact) mass is 788 g/mol. The van der Waals surface area contributed by atoms with Crippen molar-refractivity contribution in [1.82, 2.24) is 4.90 Å². The fraction of sp³-hybridized carbons (Fsp3) is 0.767. The lowest BCUT2D eigenvalue weighted by Gasteiger charge is -2.47. The van der Waals surface area contributed by atoms with Crippen LogP contribution in [-0.2, 0) is 38.1 Å². The molecular formula is C43H68N2O11. The second kappa shape index (κ2) is 20.3. The number of aliphatic hydroxyl groups excluding tert-OH is 2. The highest BCUT2D eigenvalue weighted by Gasteiger charge is 2.56. The quantitative estimate of drug-likeness (QED) is 0.172. The minimum absolute atomic E-state index is 0.0102. The molecule has 0 aromatic rings. The predicted octanol–water partition coefficient (Wildman–Crippen LogP) is 3.95. The minimum atomic E-state index is -2.51. The summed E-state index contributed by atoms with van der Waals surface area (Å²) in [5, 5.41) is 33.9. The summed E-state index contributed by atoms with van der Waals surface area (Å²) < 4.78 is 24.2. The molecule has 13 nitrogen and oxygen atoms in total. The third-order valence-corrected chi connectivity index (χ3v) is 12.7. The van der Waals surface area contributed by atoms with Gasteiger partial charge in [0.25, 0.3) is 11.7 Å². The highest BCUT2D eigenvalue weighted by molar-refractivity contribution is 6.39. The number of ketones is 2. The third kappa shape index (κ3) is 10.8. The number of Topliss-reactive ketones (excluding diaryl/α,β-unsaturated/α-hetero) is 2. The van der Waals surface area contributed by atoms with Gasteiger partial charge in [-0.05, 0) is 95.5 Å². The normalized spacial score (nSPS) is 40.6. The van der Waals surface area contributed by atoms with Crippen molar-refractivity contribution in [2.45, 2.75) is 160 Å². The van der Waals surface area contributed by atoms with Crippen molar-refractivity contribution in [1.29, 1.82) is 0 Å². The summed E-state index contributed by atoms with van der Waals surface area (Å²) in [5.41, 5.74) is 7.80. The van der Waals surface area contributed by atoms with E-state index in [0.29, 0.717) is 56.9 Å². The molecule has 2 bridgehead atoms. The van der Waals surface area contributed by atoms with Gasteiger partial charge in [0, 0.05) is 51.0 Å². The smallest absolute Gasteiger partial charge is 0.329 e. The lowest BCUT2D eigenvalue weighted by atomic mass is 9.81. The first-order valence-corrected chi connectivity index (χ1v) is 20.6. The van der Waals surface area contributed by atoms with E-state index >= 15 is 0 Å². The van der Waals surface area contributed by atoms with Crippen molar-refractivity contribution < 1.29 is 53.4 Å². The number of esters is 1. The molecule has 14 unspecified atom stereocenters. The Bertz CT molecular complexity index is 1460. The number of rotatable bonds is 6. The van der Waals surface area contributed by atoms with Crippen molar-refractivity contribution in [2.24, 2.45) is 35.3 Å². The molecular weight excluding hydrogens is 720 g/mol. The number of nitrogens with zero attached hydrogens (tertiary/aromatic N) is 1. The Hall–Kier alpha value is -2.78. The zero-order chi connectivity index (χ0) is 41.5. The first kappa shape index (κ1) is 45.9. The summed E-state index contributed by atoms with van der Waals surface area (Å²) in [7, 11) is 3.05. The summed E-state index contributed by atoms with van der Waals surface area (Å²) in [6.45, 7) is 13.1. The molecule has 0 aromatic heterocycles. The van der Waals surface area contributed by atoms with Gasteiger partial charge in [-0.25, -0.2) is 4.79 Å². The average molecular weight is 789 g/mol. The minimum Gasteiger partial charge on any atom is -0.456 e. The number of hydrogen-bond donors (Lipinski definition) is 4. The van der Waals surface area contributed by atoms with Gasteiger partial charge in [-0.3, -0.25) is 14.4 Å². The van der Waals surface area contributed by atoms with Gasteiger partial charge in [0.05, 0.1) is 24.4 Å². The van der Waals surface area contributed by atoms with Crippen LogP contribution in [0.1, 0.15) is 105 Å². The van der Waals surface area contributed by atoms with Crippen LogP contribution in [0.15, 0.2) is 36.0 Å². The third-order valence-electron chi connectivity index (χ3n) is 12.7. The summed E-state index contributed by atoms with van der Waals surface area (Å²) in [6.07, 6.45) is 5.21. The molecule has 56 heavy (non-hydrogen) atoms. The molecule has 14 atom stereocenters. The number of aliphatic hydroxyl groups is 3. The Morgan fingerprint density at radius 2 is 1.68 bits per heavy atom. The van der Waals surface area contributed by atoms with E-state index in [1.165, 1.54) is 19.1 Å². The zero-order valence-electron chi connectivity index (χ0n) is 34.6. The van der Waals surface area contributed by atoms with E-state index in [-0.39, 0.29) is 43.4 Å². The van der Waals surface area contributed by atoms with Crippen LogP contribution in [0.5, 0.6) is 0 Å². The van der Waals surface area contributed by atoms with Crippen molar-refractivity contribution >= 4 is 23.4 Å². The number of amides is 1. The molecule has 3 fully saturated rings. The van der Waals surface area contributed by atoms with Gasteiger partial charge in [0.2, 0.25) is 5.79 Å². The molecule has 0 radical (unpaired) electrons. The number of carbonyl (C=O) groups excluding carboxylic acids is 4. The number of ether oxygens (including phenoxy) is 4. The van der Waals surface area contributed by atoms with Gasteiger partial charge in [-0.1, -0.05) is 44.6 Å². The van der Waals surface area contributed by atoms with E-state index < -0.39 is 89.9 Å². The van der Waals surface area contributed by atoms with Crippen LogP contribution in [0.3, 0.4) is 0 Å². The van der Waals surface area contributed by atoms with Crippen LogP contribution in [0.25, 0.3) is 0 Å². The second-order valence-corrected chi connectivity index (χ2v) is 17.2. The molecule has 1 amide bonds. The van der Waals surface area contributed by atoms with Crippen LogP contribution in [0, 0.1) is 29.6 Å². The zero-order valence-corrected chi connectivity index (χ0v) is 34.6. The van der Waals surface area contributed by atoms with Crippen molar-refractivity contribution in [2.75, 3.05) is 20.8 Å². The first-order chi connectivity index (χ1) is 26.4. The molecule has 316 valence electrons. The van der Waals surface area contributed by atoms with E-state index in [4.69, 9.17) is 24.7 Å². The largest absolute Gasteiger partial charge is 0.456 e. The van der Waals surface area contributed by atoms with E-state index in [2.05, 4.69) is 6.58 Å². The molecule has 0 spiro atoms. The molecule has 4 rings (SSSR count). The van der Waals surface area contributed by atoms with Crippen molar-refractivity contribution in [3.8, 4) is 0 Å². The highest BCUT2D eigenvalue weighted by atomic mass is 16.7. The maximum Gasteiger partial charge on any atom is 0.329 e. The van der Waals surface area contributed by atoms with Gasteiger partial charge >= 0.3 is 5.97 Å².